The van der Waals surface area contributed by atoms with Gasteiger partial charge in [0.2, 0.25) is 0 Å². The van der Waals surface area contributed by atoms with Crippen LogP contribution in [0.3, 0.4) is 0 Å². The summed E-state index contributed by atoms with van der Waals surface area (Å²) in [7, 11) is 0. The zero-order chi connectivity index (χ0) is 10.4. The van der Waals surface area contributed by atoms with Crippen molar-refractivity contribution in [2.45, 2.75) is 30.6 Å². The van der Waals surface area contributed by atoms with Crippen molar-refractivity contribution in [1.29, 1.82) is 0 Å². The Labute approximate surface area is 92.7 Å². The molecule has 0 aliphatic heterocycles. The molecule has 1 heterocycles. The van der Waals surface area contributed by atoms with E-state index in [1.54, 1.807) is 23.5 Å². The van der Waals surface area contributed by atoms with Crippen molar-refractivity contribution in [1.82, 2.24) is 9.97 Å². The molecule has 1 rings (SSSR count). The highest BCUT2D eigenvalue weighted by atomic mass is 32.2. The van der Waals surface area contributed by atoms with E-state index in [1.165, 1.54) is 0 Å². The molecule has 0 saturated heterocycles. The van der Waals surface area contributed by atoms with Gasteiger partial charge in [-0.05, 0) is 17.6 Å². The molecule has 0 bridgehead atoms. The SMILES string of the molecule is CCSc1cc(CO)nc(SCC)n1. The molecule has 0 amide bonds. The number of aliphatic hydroxyl groups is 1. The summed E-state index contributed by atoms with van der Waals surface area (Å²) in [6.45, 7) is 4.13. The molecule has 14 heavy (non-hydrogen) atoms. The summed E-state index contributed by atoms with van der Waals surface area (Å²) in [5.41, 5.74) is 0.701. The quantitative estimate of drug-likeness (QED) is 0.477. The molecule has 0 spiro atoms. The summed E-state index contributed by atoms with van der Waals surface area (Å²) in [6, 6.07) is 1.84. The second kappa shape index (κ2) is 6.27. The fraction of sp³-hybridized carbons (Fsp3) is 0.556. The zero-order valence-electron chi connectivity index (χ0n) is 8.36. The molecular formula is C9H14N2OS2. The van der Waals surface area contributed by atoms with Crippen LogP contribution in [0.4, 0.5) is 0 Å². The van der Waals surface area contributed by atoms with Crippen molar-refractivity contribution < 1.29 is 5.11 Å². The molecule has 0 aliphatic rings. The minimum Gasteiger partial charge on any atom is -0.390 e. The molecule has 1 aromatic rings. The molecule has 78 valence electrons. The predicted octanol–water partition coefficient (Wildman–Crippen LogP) is 2.19. The normalized spacial score (nSPS) is 10.5. The van der Waals surface area contributed by atoms with Gasteiger partial charge in [-0.2, -0.15) is 0 Å². The van der Waals surface area contributed by atoms with Crippen molar-refractivity contribution in [3.8, 4) is 0 Å². The second-order valence-electron chi connectivity index (χ2n) is 2.50. The van der Waals surface area contributed by atoms with Crippen LogP contribution in [0.25, 0.3) is 0 Å². The van der Waals surface area contributed by atoms with Gasteiger partial charge in [0.05, 0.1) is 12.3 Å². The molecule has 5 heteroatoms. The summed E-state index contributed by atoms with van der Waals surface area (Å²) in [5, 5.41) is 10.7. The zero-order valence-corrected chi connectivity index (χ0v) is 9.99. The molecule has 0 aromatic carbocycles. The van der Waals surface area contributed by atoms with E-state index in [0.717, 1.165) is 21.7 Å². The van der Waals surface area contributed by atoms with Gasteiger partial charge >= 0.3 is 0 Å². The van der Waals surface area contributed by atoms with E-state index in [2.05, 4.69) is 23.8 Å². The Balaban J connectivity index is 2.88. The molecule has 0 atom stereocenters. The van der Waals surface area contributed by atoms with Crippen molar-refractivity contribution in [3.05, 3.63) is 11.8 Å². The van der Waals surface area contributed by atoms with Gasteiger partial charge < -0.3 is 5.11 Å². The van der Waals surface area contributed by atoms with Crippen molar-refractivity contribution in [2.24, 2.45) is 0 Å². The summed E-state index contributed by atoms with van der Waals surface area (Å²) < 4.78 is 0. The van der Waals surface area contributed by atoms with Gasteiger partial charge in [0.25, 0.3) is 0 Å². The first-order valence-electron chi connectivity index (χ1n) is 4.54. The average molecular weight is 230 g/mol. The molecule has 3 nitrogen and oxygen atoms in total. The van der Waals surface area contributed by atoms with Crippen molar-refractivity contribution >= 4 is 23.5 Å². The number of hydrogen-bond acceptors (Lipinski definition) is 5. The van der Waals surface area contributed by atoms with Gasteiger partial charge in [0, 0.05) is 0 Å². The first-order chi connectivity index (χ1) is 6.80. The van der Waals surface area contributed by atoms with Crippen LogP contribution in [0.1, 0.15) is 19.5 Å². The van der Waals surface area contributed by atoms with Crippen LogP contribution in [0.15, 0.2) is 16.2 Å². The minimum absolute atomic E-state index is 0.0168. The maximum absolute atomic E-state index is 9.01. The van der Waals surface area contributed by atoms with E-state index in [1.807, 2.05) is 6.07 Å². The largest absolute Gasteiger partial charge is 0.390 e. The number of aromatic nitrogens is 2. The van der Waals surface area contributed by atoms with Crippen LogP contribution in [0.2, 0.25) is 0 Å². The fourth-order valence-corrected chi connectivity index (χ4v) is 2.27. The first-order valence-corrected chi connectivity index (χ1v) is 6.51. The molecule has 0 aliphatic carbocycles. The Morgan fingerprint density at radius 2 is 1.93 bits per heavy atom. The van der Waals surface area contributed by atoms with E-state index in [0.29, 0.717) is 5.69 Å². The lowest BCUT2D eigenvalue weighted by Crippen LogP contribution is -1.96. The van der Waals surface area contributed by atoms with Gasteiger partial charge in [0.1, 0.15) is 5.03 Å². The summed E-state index contributed by atoms with van der Waals surface area (Å²) >= 11 is 3.27. The minimum atomic E-state index is -0.0168. The molecule has 0 unspecified atom stereocenters. The van der Waals surface area contributed by atoms with Gasteiger partial charge in [-0.15, -0.1) is 11.8 Å². The molecular weight excluding hydrogens is 216 g/mol. The lowest BCUT2D eigenvalue weighted by atomic mass is 10.4. The Hall–Kier alpha value is -0.260. The van der Waals surface area contributed by atoms with Crippen LogP contribution >= 0.6 is 23.5 Å². The van der Waals surface area contributed by atoms with E-state index in [4.69, 9.17) is 5.11 Å². The van der Waals surface area contributed by atoms with Gasteiger partial charge in [-0.25, -0.2) is 9.97 Å². The van der Waals surface area contributed by atoms with E-state index in [9.17, 15) is 0 Å². The number of nitrogens with zero attached hydrogens (tertiary/aromatic N) is 2. The molecule has 0 saturated carbocycles. The molecule has 1 N–H and O–H groups in total. The van der Waals surface area contributed by atoms with Gasteiger partial charge in [-0.1, -0.05) is 25.6 Å². The van der Waals surface area contributed by atoms with Crippen molar-refractivity contribution in [3.63, 3.8) is 0 Å². The van der Waals surface area contributed by atoms with Crippen LogP contribution in [-0.4, -0.2) is 26.6 Å². The van der Waals surface area contributed by atoms with Crippen LogP contribution in [0.5, 0.6) is 0 Å². The highest BCUT2D eigenvalue weighted by molar-refractivity contribution is 7.99. The summed E-state index contributed by atoms with van der Waals surface area (Å²) in [5.74, 6) is 1.93. The van der Waals surface area contributed by atoms with Crippen molar-refractivity contribution in [2.75, 3.05) is 11.5 Å². The van der Waals surface area contributed by atoms with Gasteiger partial charge in [-0.3, -0.25) is 0 Å². The number of hydrogen-bond donors (Lipinski definition) is 1. The maximum Gasteiger partial charge on any atom is 0.188 e. The molecule has 0 radical (unpaired) electrons. The maximum atomic E-state index is 9.01. The number of aliphatic hydroxyl groups excluding tert-OH is 1. The van der Waals surface area contributed by atoms with Crippen LogP contribution in [-0.2, 0) is 6.61 Å². The highest BCUT2D eigenvalue weighted by Gasteiger charge is 2.03. The monoisotopic (exact) mass is 230 g/mol. The lowest BCUT2D eigenvalue weighted by Gasteiger charge is -2.04. The standard InChI is InChI=1S/C9H14N2OS2/c1-3-13-8-5-7(6-12)10-9(11-8)14-4-2/h5,12H,3-4,6H2,1-2H3. The third-order valence-corrected chi connectivity index (χ3v) is 2.99. The van der Waals surface area contributed by atoms with E-state index < -0.39 is 0 Å². The highest BCUT2D eigenvalue weighted by Crippen LogP contribution is 2.20. The predicted molar refractivity (Wildman–Crippen MR) is 60.8 cm³/mol. The Kier molecular flexibility index (Phi) is 5.29. The molecule has 1 aromatic heterocycles. The van der Waals surface area contributed by atoms with Crippen LogP contribution < -0.4 is 0 Å². The third-order valence-electron chi connectivity index (χ3n) is 1.46. The fourth-order valence-electron chi connectivity index (χ4n) is 0.946. The summed E-state index contributed by atoms with van der Waals surface area (Å²) in [4.78, 5) is 8.58. The number of thioether (sulfide) groups is 2. The molecule has 0 fully saturated rings. The summed E-state index contributed by atoms with van der Waals surface area (Å²) in [6.07, 6.45) is 0. The average Bonchev–Trinajstić information content (AvgIpc) is 2.18. The van der Waals surface area contributed by atoms with Crippen LogP contribution in [0, 0.1) is 0 Å². The Bertz CT molecular complexity index is 270. The van der Waals surface area contributed by atoms with E-state index in [-0.39, 0.29) is 6.61 Å². The lowest BCUT2D eigenvalue weighted by molar-refractivity contribution is 0.275. The second-order valence-corrected chi connectivity index (χ2v) is 5.02. The third kappa shape index (κ3) is 3.48. The Morgan fingerprint density at radius 3 is 2.50 bits per heavy atom. The number of rotatable bonds is 5. The smallest absolute Gasteiger partial charge is 0.188 e. The Morgan fingerprint density at radius 1 is 1.21 bits per heavy atom. The van der Waals surface area contributed by atoms with Gasteiger partial charge in [0.15, 0.2) is 5.16 Å². The topological polar surface area (TPSA) is 46.0 Å². The first kappa shape index (κ1) is 11.8. The van der Waals surface area contributed by atoms with E-state index >= 15 is 0 Å².